The number of aromatic nitrogens is 1. The first kappa shape index (κ1) is 17.1. The number of hydrogen-bond donors (Lipinski definition) is 1. The molecule has 0 spiro atoms. The van der Waals surface area contributed by atoms with Gasteiger partial charge in [-0.25, -0.2) is 4.98 Å². The molecule has 1 unspecified atom stereocenters. The number of carbonyl (C=O) groups is 1. The van der Waals surface area contributed by atoms with E-state index in [-0.39, 0.29) is 12.0 Å². The zero-order valence-electron chi connectivity index (χ0n) is 13.4. The summed E-state index contributed by atoms with van der Waals surface area (Å²) in [5.41, 5.74) is 0.607. The van der Waals surface area contributed by atoms with E-state index >= 15 is 0 Å². The second kappa shape index (κ2) is 9.00. The van der Waals surface area contributed by atoms with Gasteiger partial charge < -0.3 is 15.0 Å². The third-order valence-corrected chi connectivity index (χ3v) is 4.91. The van der Waals surface area contributed by atoms with Crippen LogP contribution in [-0.2, 0) is 0 Å². The average molecular weight is 323 g/mol. The molecule has 5 nitrogen and oxygen atoms in total. The fraction of sp³-hybridized carbons (Fsp3) is 0.625. The molecular weight excluding hydrogens is 298 g/mol. The number of nitrogens with one attached hydrogen (secondary N) is 1. The largest absolute Gasteiger partial charge is 0.473 e. The fourth-order valence-electron chi connectivity index (χ4n) is 2.36. The van der Waals surface area contributed by atoms with E-state index < -0.39 is 0 Å². The van der Waals surface area contributed by atoms with Crippen LogP contribution < -0.4 is 10.1 Å². The zero-order valence-corrected chi connectivity index (χ0v) is 14.2. The van der Waals surface area contributed by atoms with Crippen molar-refractivity contribution in [2.75, 3.05) is 37.7 Å². The third kappa shape index (κ3) is 5.18. The molecule has 1 aromatic heterocycles. The number of ether oxygens (including phenoxy) is 1. The SMILES string of the molecule is CCN(CC)CCNC(=O)c1ccnc(OC2CCSC2)c1. The van der Waals surface area contributed by atoms with E-state index in [4.69, 9.17) is 4.74 Å². The minimum Gasteiger partial charge on any atom is -0.473 e. The van der Waals surface area contributed by atoms with Crippen molar-refractivity contribution in [3.8, 4) is 5.88 Å². The van der Waals surface area contributed by atoms with Crippen LogP contribution in [0.5, 0.6) is 5.88 Å². The monoisotopic (exact) mass is 323 g/mol. The first-order valence-corrected chi connectivity index (χ1v) is 9.09. The Hall–Kier alpha value is -1.27. The van der Waals surface area contributed by atoms with Crippen LogP contribution in [0.1, 0.15) is 30.6 Å². The van der Waals surface area contributed by atoms with Crippen LogP contribution in [-0.4, -0.2) is 59.6 Å². The van der Waals surface area contributed by atoms with Crippen LogP contribution in [0.2, 0.25) is 0 Å². The van der Waals surface area contributed by atoms with Crippen LogP contribution in [0.15, 0.2) is 18.3 Å². The molecule has 0 saturated carbocycles. The molecule has 22 heavy (non-hydrogen) atoms. The molecule has 1 saturated heterocycles. The van der Waals surface area contributed by atoms with Gasteiger partial charge in [0, 0.05) is 36.7 Å². The van der Waals surface area contributed by atoms with Gasteiger partial charge in [-0.3, -0.25) is 4.79 Å². The molecule has 1 fully saturated rings. The topological polar surface area (TPSA) is 54.5 Å². The molecule has 0 aliphatic carbocycles. The zero-order chi connectivity index (χ0) is 15.8. The quantitative estimate of drug-likeness (QED) is 0.793. The van der Waals surface area contributed by atoms with Crippen molar-refractivity contribution in [1.29, 1.82) is 0 Å². The van der Waals surface area contributed by atoms with E-state index in [0.29, 0.717) is 18.0 Å². The molecule has 1 amide bonds. The summed E-state index contributed by atoms with van der Waals surface area (Å²) >= 11 is 1.89. The maximum absolute atomic E-state index is 12.2. The van der Waals surface area contributed by atoms with Gasteiger partial charge in [0.1, 0.15) is 6.10 Å². The summed E-state index contributed by atoms with van der Waals surface area (Å²) in [6.45, 7) is 7.76. The van der Waals surface area contributed by atoms with Crippen LogP contribution in [0.25, 0.3) is 0 Å². The molecule has 2 rings (SSSR count). The van der Waals surface area contributed by atoms with Gasteiger partial charge in [0.05, 0.1) is 0 Å². The summed E-state index contributed by atoms with van der Waals surface area (Å²) < 4.78 is 5.82. The van der Waals surface area contributed by atoms with Gasteiger partial charge in [0.2, 0.25) is 5.88 Å². The molecule has 0 bridgehead atoms. The van der Waals surface area contributed by atoms with Crippen LogP contribution >= 0.6 is 11.8 Å². The molecule has 1 aromatic rings. The highest BCUT2D eigenvalue weighted by atomic mass is 32.2. The highest BCUT2D eigenvalue weighted by molar-refractivity contribution is 7.99. The lowest BCUT2D eigenvalue weighted by molar-refractivity contribution is 0.0948. The van der Waals surface area contributed by atoms with Gasteiger partial charge in [0.25, 0.3) is 5.91 Å². The number of rotatable bonds is 8. The Bertz CT molecular complexity index is 474. The molecule has 1 N–H and O–H groups in total. The van der Waals surface area contributed by atoms with Crippen molar-refractivity contribution >= 4 is 17.7 Å². The van der Waals surface area contributed by atoms with Crippen LogP contribution in [0.4, 0.5) is 0 Å². The molecule has 122 valence electrons. The number of amides is 1. The predicted octanol–water partition coefficient (Wildman–Crippen LogP) is 2.04. The minimum absolute atomic E-state index is 0.0693. The number of nitrogens with zero attached hydrogens (tertiary/aromatic N) is 2. The van der Waals surface area contributed by atoms with Crippen molar-refractivity contribution < 1.29 is 9.53 Å². The van der Waals surface area contributed by atoms with Gasteiger partial charge in [-0.1, -0.05) is 13.8 Å². The normalized spacial score (nSPS) is 17.7. The lowest BCUT2D eigenvalue weighted by atomic mass is 10.2. The van der Waals surface area contributed by atoms with Gasteiger partial charge >= 0.3 is 0 Å². The Morgan fingerprint density at radius 1 is 1.50 bits per heavy atom. The summed E-state index contributed by atoms with van der Waals surface area (Å²) in [6.07, 6.45) is 2.90. The van der Waals surface area contributed by atoms with E-state index in [1.807, 2.05) is 11.8 Å². The molecular formula is C16H25N3O2S. The Morgan fingerprint density at radius 3 is 3.00 bits per heavy atom. The first-order chi connectivity index (χ1) is 10.7. The average Bonchev–Trinajstić information content (AvgIpc) is 3.04. The van der Waals surface area contributed by atoms with Crippen LogP contribution in [0.3, 0.4) is 0 Å². The molecule has 1 aliphatic rings. The van der Waals surface area contributed by atoms with Crippen molar-refractivity contribution in [2.45, 2.75) is 26.4 Å². The first-order valence-electron chi connectivity index (χ1n) is 7.94. The number of hydrogen-bond acceptors (Lipinski definition) is 5. The number of carbonyl (C=O) groups excluding carboxylic acids is 1. The van der Waals surface area contributed by atoms with E-state index in [1.165, 1.54) is 0 Å². The summed E-state index contributed by atoms with van der Waals surface area (Å²) in [5.74, 6) is 2.61. The highest BCUT2D eigenvalue weighted by Crippen LogP contribution is 2.22. The fourth-order valence-corrected chi connectivity index (χ4v) is 3.45. The molecule has 1 aliphatic heterocycles. The van der Waals surface area contributed by atoms with Crippen molar-refractivity contribution in [3.63, 3.8) is 0 Å². The standard InChI is InChI=1S/C16H25N3O2S/c1-3-19(4-2)9-8-18-16(20)13-5-7-17-15(11-13)21-14-6-10-22-12-14/h5,7,11,14H,3-4,6,8-10,12H2,1-2H3,(H,18,20). The molecule has 0 radical (unpaired) electrons. The highest BCUT2D eigenvalue weighted by Gasteiger charge is 2.18. The summed E-state index contributed by atoms with van der Waals surface area (Å²) in [7, 11) is 0. The number of thioether (sulfide) groups is 1. The number of pyridine rings is 1. The van der Waals surface area contributed by atoms with Gasteiger partial charge in [-0.2, -0.15) is 11.8 Å². The van der Waals surface area contributed by atoms with Crippen molar-refractivity contribution in [2.24, 2.45) is 0 Å². The number of likely N-dealkylation sites (N-methyl/N-ethyl adjacent to an activating group) is 1. The molecule has 6 heteroatoms. The predicted molar refractivity (Wildman–Crippen MR) is 90.7 cm³/mol. The van der Waals surface area contributed by atoms with Gasteiger partial charge in [-0.15, -0.1) is 0 Å². The van der Waals surface area contributed by atoms with Crippen LogP contribution in [0, 0.1) is 0 Å². The molecule has 0 aromatic carbocycles. The Labute approximate surface area is 136 Å². The maximum atomic E-state index is 12.2. The van der Waals surface area contributed by atoms with Crippen molar-refractivity contribution in [3.05, 3.63) is 23.9 Å². The maximum Gasteiger partial charge on any atom is 0.251 e. The lowest BCUT2D eigenvalue weighted by Gasteiger charge is -2.18. The summed E-state index contributed by atoms with van der Waals surface area (Å²) in [5, 5.41) is 2.95. The van der Waals surface area contributed by atoms with E-state index in [0.717, 1.165) is 37.6 Å². The Kier molecular flexibility index (Phi) is 6.99. The smallest absolute Gasteiger partial charge is 0.251 e. The van der Waals surface area contributed by atoms with Gasteiger partial charge in [0.15, 0.2) is 0 Å². The summed E-state index contributed by atoms with van der Waals surface area (Å²) in [4.78, 5) is 18.7. The second-order valence-electron chi connectivity index (χ2n) is 5.27. The van der Waals surface area contributed by atoms with E-state index in [1.54, 1.807) is 18.3 Å². The Morgan fingerprint density at radius 2 is 2.32 bits per heavy atom. The second-order valence-corrected chi connectivity index (χ2v) is 6.42. The molecule has 1 atom stereocenters. The minimum atomic E-state index is -0.0693. The summed E-state index contributed by atoms with van der Waals surface area (Å²) in [6, 6.07) is 3.46. The van der Waals surface area contributed by atoms with Crippen molar-refractivity contribution in [1.82, 2.24) is 15.2 Å². The molecule has 2 heterocycles. The van der Waals surface area contributed by atoms with E-state index in [2.05, 4.69) is 29.0 Å². The lowest BCUT2D eigenvalue weighted by Crippen LogP contribution is -2.34. The Balaban J connectivity index is 1.84. The van der Waals surface area contributed by atoms with E-state index in [9.17, 15) is 4.79 Å². The third-order valence-electron chi connectivity index (χ3n) is 3.78. The van der Waals surface area contributed by atoms with Gasteiger partial charge in [-0.05, 0) is 31.3 Å².